The van der Waals surface area contributed by atoms with Crippen LogP contribution >= 0.6 is 11.3 Å². The van der Waals surface area contributed by atoms with Crippen molar-refractivity contribution in [2.45, 2.75) is 26.4 Å². The van der Waals surface area contributed by atoms with Gasteiger partial charge in [-0.1, -0.05) is 24.3 Å². The van der Waals surface area contributed by atoms with E-state index in [2.05, 4.69) is 11.1 Å². The summed E-state index contributed by atoms with van der Waals surface area (Å²) < 4.78 is 19.3. The molecule has 0 unspecified atom stereocenters. The number of hydrogen-bond acceptors (Lipinski definition) is 5. The topological polar surface area (TPSA) is 70.1 Å². The van der Waals surface area contributed by atoms with Gasteiger partial charge in [-0.05, 0) is 54.4 Å². The van der Waals surface area contributed by atoms with E-state index >= 15 is 0 Å². The van der Waals surface area contributed by atoms with E-state index in [4.69, 9.17) is 9.68 Å². The van der Waals surface area contributed by atoms with Crippen LogP contribution in [0.25, 0.3) is 10.8 Å². The van der Waals surface area contributed by atoms with Crippen molar-refractivity contribution in [2.75, 3.05) is 0 Å². The second kappa shape index (κ2) is 9.58. The van der Waals surface area contributed by atoms with Gasteiger partial charge in [-0.25, -0.2) is 9.37 Å². The molecule has 0 saturated heterocycles. The fourth-order valence-electron chi connectivity index (χ4n) is 3.31. The number of amides is 1. The third-order valence-corrected chi connectivity index (χ3v) is 5.81. The molecule has 4 rings (SSSR count). The van der Waals surface area contributed by atoms with Crippen LogP contribution in [-0.2, 0) is 24.3 Å². The van der Waals surface area contributed by atoms with Crippen molar-refractivity contribution < 1.29 is 13.6 Å². The average molecular weight is 446 g/mol. The van der Waals surface area contributed by atoms with Crippen LogP contribution in [0, 0.1) is 24.1 Å². The molecular formula is C25H20FN3O2S. The van der Waals surface area contributed by atoms with E-state index < -0.39 is 0 Å². The molecule has 0 spiro atoms. The number of carbonyl (C=O) groups is 1. The smallest absolute Gasteiger partial charge is 0.229 e. The highest BCUT2D eigenvalue weighted by Gasteiger charge is 2.18. The molecule has 0 aliphatic heterocycles. The van der Waals surface area contributed by atoms with Gasteiger partial charge in [0, 0.05) is 18.5 Å². The first kappa shape index (κ1) is 21.5. The Morgan fingerprint density at radius 1 is 1.12 bits per heavy atom. The number of halogens is 1. The minimum atomic E-state index is -0.342. The Bertz CT molecular complexity index is 1270. The van der Waals surface area contributed by atoms with Gasteiger partial charge < -0.3 is 9.32 Å². The molecule has 2 heterocycles. The van der Waals surface area contributed by atoms with Crippen molar-refractivity contribution in [1.29, 1.82) is 5.26 Å². The van der Waals surface area contributed by atoms with Crippen molar-refractivity contribution >= 4 is 17.2 Å². The first-order chi connectivity index (χ1) is 15.5. The number of rotatable bonds is 7. The number of benzene rings is 2. The summed E-state index contributed by atoms with van der Waals surface area (Å²) in [5.74, 6) is 1.02. The Kier molecular flexibility index (Phi) is 6.43. The van der Waals surface area contributed by atoms with Crippen LogP contribution in [0.3, 0.4) is 0 Å². The summed E-state index contributed by atoms with van der Waals surface area (Å²) in [7, 11) is 0. The van der Waals surface area contributed by atoms with Crippen LogP contribution in [-0.4, -0.2) is 15.8 Å². The van der Waals surface area contributed by atoms with Crippen LogP contribution in [0.15, 0.2) is 70.5 Å². The monoisotopic (exact) mass is 445 g/mol. The zero-order valence-electron chi connectivity index (χ0n) is 17.4. The number of nitriles is 1. The second-order valence-electron chi connectivity index (χ2n) is 7.42. The molecule has 0 bridgehead atoms. The highest BCUT2D eigenvalue weighted by molar-refractivity contribution is 7.13. The standard InChI is InChI=1S/C25H20FN3O2S/c1-17-5-10-23(31-17)25-28-22(16-32-25)12-24(30)29(15-20-3-2-4-21(26)11-20)14-19-8-6-18(13-27)7-9-19/h2-11,16H,12,14-15H2,1H3. The first-order valence-corrected chi connectivity index (χ1v) is 10.9. The van der Waals surface area contributed by atoms with Gasteiger partial charge in [0.05, 0.1) is 23.7 Å². The van der Waals surface area contributed by atoms with Gasteiger partial charge in [0.25, 0.3) is 0 Å². The molecule has 2 aromatic carbocycles. The number of carbonyl (C=O) groups excluding carboxylic acids is 1. The highest BCUT2D eigenvalue weighted by atomic mass is 32.1. The van der Waals surface area contributed by atoms with E-state index in [0.29, 0.717) is 29.1 Å². The van der Waals surface area contributed by atoms with Crippen molar-refractivity contribution in [1.82, 2.24) is 9.88 Å². The average Bonchev–Trinajstić information content (AvgIpc) is 3.42. The number of hydrogen-bond donors (Lipinski definition) is 0. The Labute approximate surface area is 189 Å². The molecule has 0 saturated carbocycles. The Balaban J connectivity index is 1.53. The van der Waals surface area contributed by atoms with E-state index in [-0.39, 0.29) is 24.7 Å². The van der Waals surface area contributed by atoms with Gasteiger partial charge in [0.2, 0.25) is 5.91 Å². The molecule has 2 aromatic heterocycles. The Hall–Kier alpha value is -3.76. The molecule has 0 atom stereocenters. The van der Waals surface area contributed by atoms with Gasteiger partial charge >= 0.3 is 0 Å². The van der Waals surface area contributed by atoms with Gasteiger partial charge in [0.1, 0.15) is 11.6 Å². The third kappa shape index (κ3) is 5.29. The van der Waals surface area contributed by atoms with Crippen molar-refractivity contribution in [3.05, 3.63) is 100 Å². The predicted molar refractivity (Wildman–Crippen MR) is 120 cm³/mol. The molecule has 0 N–H and O–H groups in total. The minimum absolute atomic E-state index is 0.119. The lowest BCUT2D eigenvalue weighted by Crippen LogP contribution is -2.31. The summed E-state index contributed by atoms with van der Waals surface area (Å²) >= 11 is 1.43. The zero-order chi connectivity index (χ0) is 22.5. The van der Waals surface area contributed by atoms with E-state index in [1.165, 1.54) is 23.5 Å². The van der Waals surface area contributed by atoms with Crippen LogP contribution in [0.4, 0.5) is 4.39 Å². The summed E-state index contributed by atoms with van der Waals surface area (Å²) in [5.41, 5.74) is 2.81. The van der Waals surface area contributed by atoms with Crippen LogP contribution in [0.1, 0.15) is 28.1 Å². The zero-order valence-corrected chi connectivity index (χ0v) is 18.2. The minimum Gasteiger partial charge on any atom is -0.459 e. The lowest BCUT2D eigenvalue weighted by molar-refractivity contribution is -0.131. The molecule has 0 aliphatic carbocycles. The molecule has 5 nitrogen and oxygen atoms in total. The van der Waals surface area contributed by atoms with E-state index in [1.807, 2.05) is 36.6 Å². The van der Waals surface area contributed by atoms with Gasteiger partial charge in [-0.2, -0.15) is 5.26 Å². The van der Waals surface area contributed by atoms with Crippen LogP contribution in [0.5, 0.6) is 0 Å². The number of nitrogens with zero attached hydrogens (tertiary/aromatic N) is 3. The van der Waals surface area contributed by atoms with Crippen LogP contribution < -0.4 is 0 Å². The van der Waals surface area contributed by atoms with Gasteiger partial charge in [0.15, 0.2) is 10.8 Å². The maximum absolute atomic E-state index is 13.7. The SMILES string of the molecule is Cc1ccc(-c2nc(CC(=O)N(Cc3ccc(C#N)cc3)Cc3cccc(F)c3)cs2)o1. The summed E-state index contributed by atoms with van der Waals surface area (Å²) in [6.07, 6.45) is 0.127. The molecule has 160 valence electrons. The van der Waals surface area contributed by atoms with E-state index in [1.54, 1.807) is 29.2 Å². The molecule has 0 aliphatic rings. The second-order valence-corrected chi connectivity index (χ2v) is 8.28. The molecule has 7 heteroatoms. The highest BCUT2D eigenvalue weighted by Crippen LogP contribution is 2.26. The van der Waals surface area contributed by atoms with E-state index in [0.717, 1.165) is 16.3 Å². The maximum atomic E-state index is 13.7. The molecule has 32 heavy (non-hydrogen) atoms. The van der Waals surface area contributed by atoms with E-state index in [9.17, 15) is 9.18 Å². The van der Waals surface area contributed by atoms with Crippen molar-refractivity contribution in [3.63, 3.8) is 0 Å². The number of aryl methyl sites for hydroxylation is 1. The summed E-state index contributed by atoms with van der Waals surface area (Å²) in [6, 6.07) is 19.1. The van der Waals surface area contributed by atoms with Gasteiger partial charge in [-0.15, -0.1) is 11.3 Å². The fourth-order valence-corrected chi connectivity index (χ4v) is 4.09. The molecular weight excluding hydrogens is 425 g/mol. The predicted octanol–water partition coefficient (Wildman–Crippen LogP) is 5.49. The summed E-state index contributed by atoms with van der Waals surface area (Å²) in [4.78, 5) is 19.4. The summed E-state index contributed by atoms with van der Waals surface area (Å²) in [5, 5.41) is 11.6. The largest absolute Gasteiger partial charge is 0.459 e. The molecule has 4 aromatic rings. The lowest BCUT2D eigenvalue weighted by atomic mass is 10.1. The Morgan fingerprint density at radius 3 is 2.59 bits per heavy atom. The maximum Gasteiger partial charge on any atom is 0.229 e. The normalized spacial score (nSPS) is 10.7. The molecule has 0 radical (unpaired) electrons. The van der Waals surface area contributed by atoms with Crippen molar-refractivity contribution in [3.8, 4) is 16.8 Å². The first-order valence-electron chi connectivity index (χ1n) is 10.0. The molecule has 1 amide bonds. The van der Waals surface area contributed by atoms with Gasteiger partial charge in [-0.3, -0.25) is 4.79 Å². The quantitative estimate of drug-likeness (QED) is 0.377. The third-order valence-electron chi connectivity index (χ3n) is 4.91. The van der Waals surface area contributed by atoms with Crippen LogP contribution in [0.2, 0.25) is 0 Å². The lowest BCUT2D eigenvalue weighted by Gasteiger charge is -2.23. The molecule has 0 fully saturated rings. The van der Waals surface area contributed by atoms with Crippen molar-refractivity contribution in [2.24, 2.45) is 0 Å². The number of thiazole rings is 1. The Morgan fingerprint density at radius 2 is 1.91 bits per heavy atom. The fraction of sp³-hybridized carbons (Fsp3) is 0.160. The number of furan rings is 1. The number of aromatic nitrogens is 1. The summed E-state index contributed by atoms with van der Waals surface area (Å²) in [6.45, 7) is 2.48.